The van der Waals surface area contributed by atoms with Gasteiger partial charge in [0.2, 0.25) is 21.9 Å². The van der Waals surface area contributed by atoms with Crippen LogP contribution in [-0.4, -0.2) is 71.4 Å². The molecule has 5 heterocycles. The number of nitrogens with one attached hydrogen (secondary N) is 1. The fourth-order valence-electron chi connectivity index (χ4n) is 6.46. The third kappa shape index (κ3) is 4.40. The third-order valence-electron chi connectivity index (χ3n) is 8.37. The summed E-state index contributed by atoms with van der Waals surface area (Å²) in [7, 11) is -3.33. The highest BCUT2D eigenvalue weighted by Crippen LogP contribution is 2.62. The van der Waals surface area contributed by atoms with Crippen LogP contribution in [0.2, 0.25) is 0 Å². The standard InChI is InChI=1S/C24H26F5N5O3S2/c1-39(36,37)33-7-3-14(4-8-33)31-21-30-12-16(24(27,28)29)18(32-21)17-9-15-19(38-17)23(13-10-22(25,26)11-13)5-2-6-34(23)20(15)35/h9,12-14H,2-8,10-11H2,1H3,(H,30,31,32). The topological polar surface area (TPSA) is 95.5 Å². The molecule has 0 bridgehead atoms. The smallest absolute Gasteiger partial charge is 0.351 e. The molecule has 0 radical (unpaired) electrons. The molecule has 0 aromatic carbocycles. The normalized spacial score (nSPS) is 26.0. The second kappa shape index (κ2) is 8.80. The first-order valence-electron chi connectivity index (χ1n) is 12.7. The fraction of sp³-hybridized carbons (Fsp3) is 0.625. The van der Waals surface area contributed by atoms with Crippen molar-refractivity contribution < 1.29 is 35.2 Å². The summed E-state index contributed by atoms with van der Waals surface area (Å²) in [6.07, 6.45) is -1.63. The zero-order valence-electron chi connectivity index (χ0n) is 20.9. The number of carbonyl (C=O) groups excluding carboxylic acids is 1. The Balaban J connectivity index is 1.33. The van der Waals surface area contributed by atoms with E-state index in [0.29, 0.717) is 43.3 Å². The SMILES string of the molecule is CS(=O)(=O)N1CCC(Nc2ncc(C(F)(F)F)c(-c3cc4c(s3)C3(C5CC(F)(F)C5)CCCN3C4=O)n2)CC1. The predicted molar refractivity (Wildman–Crippen MR) is 133 cm³/mol. The average molecular weight is 592 g/mol. The van der Waals surface area contributed by atoms with Crippen molar-refractivity contribution in [2.45, 2.75) is 62.2 Å². The number of rotatable bonds is 5. The molecule has 1 unspecified atom stereocenters. The molecule has 4 aliphatic rings. The van der Waals surface area contributed by atoms with E-state index >= 15 is 0 Å². The fourth-order valence-corrected chi connectivity index (χ4v) is 8.80. The molecule has 2 aromatic rings. The summed E-state index contributed by atoms with van der Waals surface area (Å²) in [4.78, 5) is 23.7. The van der Waals surface area contributed by atoms with Gasteiger partial charge in [-0.2, -0.15) is 13.2 Å². The minimum absolute atomic E-state index is 0.0356. The van der Waals surface area contributed by atoms with E-state index in [9.17, 15) is 35.2 Å². The van der Waals surface area contributed by atoms with Crippen molar-refractivity contribution in [1.29, 1.82) is 0 Å². The van der Waals surface area contributed by atoms with Crippen LogP contribution in [0, 0.1) is 5.92 Å². The number of piperidine rings is 1. The number of halogens is 5. The Bertz CT molecular complexity index is 1430. The van der Waals surface area contributed by atoms with E-state index in [2.05, 4.69) is 15.3 Å². The van der Waals surface area contributed by atoms with Gasteiger partial charge in [-0.25, -0.2) is 31.5 Å². The van der Waals surface area contributed by atoms with Crippen LogP contribution < -0.4 is 5.32 Å². The molecular formula is C24H26F5N5O3S2. The van der Waals surface area contributed by atoms with Gasteiger partial charge in [-0.3, -0.25) is 4.79 Å². The van der Waals surface area contributed by atoms with Crippen molar-refractivity contribution in [2.75, 3.05) is 31.2 Å². The lowest BCUT2D eigenvalue weighted by molar-refractivity contribution is -0.146. The summed E-state index contributed by atoms with van der Waals surface area (Å²) in [6, 6.07) is 1.17. The Hall–Kier alpha value is -2.39. The molecule has 2 saturated heterocycles. The highest BCUT2D eigenvalue weighted by molar-refractivity contribution is 7.88. The maximum Gasteiger partial charge on any atom is 0.420 e. The molecule has 1 aliphatic carbocycles. The van der Waals surface area contributed by atoms with Crippen molar-refractivity contribution in [2.24, 2.45) is 5.92 Å². The van der Waals surface area contributed by atoms with Crippen molar-refractivity contribution in [3.05, 3.63) is 28.3 Å². The van der Waals surface area contributed by atoms with Crippen LogP contribution in [0.5, 0.6) is 0 Å². The van der Waals surface area contributed by atoms with Crippen LogP contribution >= 0.6 is 11.3 Å². The molecule has 1 atom stereocenters. The monoisotopic (exact) mass is 591 g/mol. The van der Waals surface area contributed by atoms with E-state index in [1.54, 1.807) is 4.90 Å². The van der Waals surface area contributed by atoms with Crippen molar-refractivity contribution in [3.63, 3.8) is 0 Å². The van der Waals surface area contributed by atoms with Gasteiger partial charge in [0.15, 0.2) is 0 Å². The number of thiophene rings is 1. The third-order valence-corrected chi connectivity index (χ3v) is 11.0. The van der Waals surface area contributed by atoms with Gasteiger partial charge < -0.3 is 10.2 Å². The Labute approximate surface area is 225 Å². The number of anilines is 1. The summed E-state index contributed by atoms with van der Waals surface area (Å²) in [5.74, 6) is -3.62. The summed E-state index contributed by atoms with van der Waals surface area (Å²) in [5.41, 5.74) is -2.07. The van der Waals surface area contributed by atoms with Gasteiger partial charge in [0.25, 0.3) is 5.91 Å². The number of alkyl halides is 5. The summed E-state index contributed by atoms with van der Waals surface area (Å²) < 4.78 is 94.6. The average Bonchev–Trinajstić information content (AvgIpc) is 3.51. The minimum Gasteiger partial charge on any atom is -0.351 e. The van der Waals surface area contributed by atoms with Gasteiger partial charge in [0.1, 0.15) is 5.56 Å². The quantitative estimate of drug-likeness (QED) is 0.513. The van der Waals surface area contributed by atoms with Crippen LogP contribution in [0.15, 0.2) is 12.3 Å². The van der Waals surface area contributed by atoms with Crippen molar-refractivity contribution in [1.82, 2.24) is 19.2 Å². The molecule has 1 amide bonds. The number of aromatic nitrogens is 2. The minimum atomic E-state index is -4.76. The van der Waals surface area contributed by atoms with Gasteiger partial charge >= 0.3 is 6.18 Å². The number of hydrogen-bond acceptors (Lipinski definition) is 7. The first kappa shape index (κ1) is 26.8. The zero-order valence-corrected chi connectivity index (χ0v) is 22.5. The van der Waals surface area contributed by atoms with Crippen LogP contribution in [0.4, 0.5) is 27.9 Å². The first-order chi connectivity index (χ1) is 18.2. The van der Waals surface area contributed by atoms with Crippen LogP contribution in [0.3, 0.4) is 0 Å². The summed E-state index contributed by atoms with van der Waals surface area (Å²) >= 11 is 1.02. The Kier molecular flexibility index (Phi) is 6.05. The number of fused-ring (bicyclic) bond motifs is 3. The molecule has 8 nitrogen and oxygen atoms in total. The molecule has 1 N–H and O–H groups in total. The lowest BCUT2D eigenvalue weighted by Gasteiger charge is -2.48. The van der Waals surface area contributed by atoms with E-state index in [-0.39, 0.29) is 60.0 Å². The van der Waals surface area contributed by atoms with E-state index in [0.717, 1.165) is 17.6 Å². The predicted octanol–water partition coefficient (Wildman–Crippen LogP) is 4.55. The van der Waals surface area contributed by atoms with Crippen LogP contribution in [0.25, 0.3) is 10.6 Å². The van der Waals surface area contributed by atoms with Crippen molar-refractivity contribution in [3.8, 4) is 10.6 Å². The Morgan fingerprint density at radius 1 is 1.15 bits per heavy atom. The molecule has 3 fully saturated rings. The molecule has 39 heavy (non-hydrogen) atoms. The largest absolute Gasteiger partial charge is 0.420 e. The molecule has 3 aliphatic heterocycles. The van der Waals surface area contributed by atoms with E-state index in [1.807, 2.05) is 0 Å². The van der Waals surface area contributed by atoms with E-state index in [4.69, 9.17) is 0 Å². The van der Waals surface area contributed by atoms with E-state index in [1.165, 1.54) is 10.4 Å². The zero-order chi connectivity index (χ0) is 28.0. The molecular weight excluding hydrogens is 565 g/mol. The maximum atomic E-state index is 14.0. The maximum absolute atomic E-state index is 14.0. The molecule has 212 valence electrons. The lowest BCUT2D eigenvalue weighted by atomic mass is 9.67. The highest BCUT2D eigenvalue weighted by atomic mass is 32.2. The molecule has 1 saturated carbocycles. The van der Waals surface area contributed by atoms with Gasteiger partial charge in [-0.05, 0) is 37.7 Å². The molecule has 0 spiro atoms. The molecule has 15 heteroatoms. The number of nitrogens with zero attached hydrogens (tertiary/aromatic N) is 4. The summed E-state index contributed by atoms with van der Waals surface area (Å²) in [6.45, 7) is 0.969. The Morgan fingerprint density at radius 2 is 1.85 bits per heavy atom. The van der Waals surface area contributed by atoms with Crippen LogP contribution in [0.1, 0.15) is 59.3 Å². The van der Waals surface area contributed by atoms with Crippen LogP contribution in [-0.2, 0) is 21.7 Å². The van der Waals surface area contributed by atoms with Gasteiger partial charge in [-0.15, -0.1) is 11.3 Å². The Morgan fingerprint density at radius 3 is 2.46 bits per heavy atom. The molecule has 2 aromatic heterocycles. The summed E-state index contributed by atoms with van der Waals surface area (Å²) in [5, 5.41) is 3.02. The number of amides is 1. The number of sulfonamides is 1. The van der Waals surface area contributed by atoms with Gasteiger partial charge in [-0.1, -0.05) is 0 Å². The highest BCUT2D eigenvalue weighted by Gasteiger charge is 2.64. The lowest BCUT2D eigenvalue weighted by Crippen LogP contribution is -2.53. The number of carbonyl (C=O) groups is 1. The van der Waals surface area contributed by atoms with E-state index < -0.39 is 39.1 Å². The molecule has 6 rings (SSSR count). The van der Waals surface area contributed by atoms with Gasteiger partial charge in [0.05, 0.1) is 27.9 Å². The second-order valence-electron chi connectivity index (χ2n) is 10.8. The number of hydrogen-bond donors (Lipinski definition) is 1. The van der Waals surface area contributed by atoms with Gasteiger partial charge in [0, 0.05) is 49.6 Å². The second-order valence-corrected chi connectivity index (χ2v) is 13.9. The first-order valence-corrected chi connectivity index (χ1v) is 15.4. The van der Waals surface area contributed by atoms with Crippen molar-refractivity contribution >= 4 is 33.2 Å².